The Kier molecular flexibility index (Phi) is 13.6. The summed E-state index contributed by atoms with van der Waals surface area (Å²) in [7, 11) is 0. The lowest BCUT2D eigenvalue weighted by Crippen LogP contribution is -2.28. The summed E-state index contributed by atoms with van der Waals surface area (Å²) in [5.74, 6) is 1.64. The summed E-state index contributed by atoms with van der Waals surface area (Å²) in [6.45, 7) is 3.90. The molecule has 6 aromatic carbocycles. The molecule has 0 fully saturated rings. The number of nitrogens with zero attached hydrogens (tertiary/aromatic N) is 24. The highest BCUT2D eigenvalue weighted by Gasteiger charge is 2.29. The molecule has 1 aliphatic heterocycles. The minimum Gasteiger partial charge on any atom is -0.290 e. The highest BCUT2D eigenvalue weighted by atomic mass is 15.5. The average Bonchev–Trinajstić information content (AvgIpc) is 3.52. The Morgan fingerprint density at radius 1 is 0.291 bits per heavy atom. The summed E-state index contributed by atoms with van der Waals surface area (Å²) < 4.78 is 0. The summed E-state index contributed by atoms with van der Waals surface area (Å²) in [5.41, 5.74) is 3.81. The van der Waals surface area contributed by atoms with Crippen LogP contribution in [0.5, 0.6) is 0 Å². The Hall–Kier alpha value is -11.8. The highest BCUT2D eigenvalue weighted by Crippen LogP contribution is 2.38. The SMILES string of the molecule is C=NC1=N/C=N\CN(c2ccccc2)c2ncnc(n2)N(c2ccccc2)c2ncnc(n2)N(c2ccccc2)c2ncnc(n2)N(c2ccccc2)c2ncnc(n2)N(c2ccccc2)c2ncnc(n2)N1c1ccccc1. The molecule has 24 nitrogen and oxygen atoms in total. The van der Waals surface area contributed by atoms with Gasteiger partial charge in [-0.25, -0.2) is 84.3 Å². The van der Waals surface area contributed by atoms with Crippen molar-refractivity contribution in [1.82, 2.24) is 74.8 Å². The number of para-hydroxylation sites is 6. The maximum Gasteiger partial charge on any atom is 0.241 e. The minimum absolute atomic E-state index is 0.00844. The zero-order valence-electron chi connectivity index (χ0n) is 41.4. The van der Waals surface area contributed by atoms with E-state index in [2.05, 4.69) is 26.7 Å². The Morgan fingerprint density at radius 2 is 0.532 bits per heavy atom. The van der Waals surface area contributed by atoms with Gasteiger partial charge in [0.2, 0.25) is 65.4 Å². The predicted molar refractivity (Wildman–Crippen MR) is 300 cm³/mol. The van der Waals surface area contributed by atoms with E-state index in [9.17, 15) is 0 Å². The van der Waals surface area contributed by atoms with Gasteiger partial charge in [-0.05, 0) is 79.5 Å². The lowest BCUT2D eigenvalue weighted by molar-refractivity contribution is 0.882. The number of aromatic nitrogens is 15. The number of benzene rings is 6. The van der Waals surface area contributed by atoms with E-state index in [0.717, 1.165) is 5.69 Å². The molecule has 0 radical (unpaired) electrons. The first-order valence-corrected chi connectivity index (χ1v) is 24.2. The minimum atomic E-state index is -0.00844. The van der Waals surface area contributed by atoms with E-state index in [1.165, 1.54) is 38.0 Å². The fourth-order valence-corrected chi connectivity index (χ4v) is 8.23. The Morgan fingerprint density at radius 3 is 0.823 bits per heavy atom. The summed E-state index contributed by atoms with van der Waals surface area (Å²) in [6, 6.07) is 56.7. The van der Waals surface area contributed by atoms with Gasteiger partial charge in [-0.15, -0.1) is 0 Å². The van der Waals surface area contributed by atoms with Crippen molar-refractivity contribution in [2.45, 2.75) is 0 Å². The third-order valence-corrected chi connectivity index (χ3v) is 11.7. The third-order valence-electron chi connectivity index (χ3n) is 11.7. The molecule has 0 saturated carbocycles. The molecule has 380 valence electrons. The third kappa shape index (κ3) is 10.2. The molecule has 1 aliphatic rings. The van der Waals surface area contributed by atoms with Crippen LogP contribution in [0.15, 0.2) is 229 Å². The maximum atomic E-state index is 5.12. The standard InChI is InChI=1S/C55H40N24/c1-56-45-58-32-57-38-74(39-20-8-2-9-21-39)46-59-33-60-47(69-46)76(41-24-12-4-13-25-41)50-63-35-64-51(71-50)78(43-28-16-6-17-29-43)54-67-37-68-55(73-54)79(44-30-18-7-19-31-44)53-66-36-65-52(72-53)77(42-26-14-5-15-27-42)49-62-34-61-48(70-49)75(45)40-22-10-3-11-23-40/h2-37H,1,38H2/b57-32-,58-45?. The molecule has 0 unspecified atom stereocenters. The van der Waals surface area contributed by atoms with E-state index < -0.39 is 0 Å². The van der Waals surface area contributed by atoms with Gasteiger partial charge in [0.05, 0.1) is 28.4 Å². The summed E-state index contributed by atoms with van der Waals surface area (Å²) in [5, 5.41) is 0. The fourth-order valence-electron chi connectivity index (χ4n) is 8.23. The Balaban J connectivity index is 1.09. The van der Waals surface area contributed by atoms with E-state index in [1.54, 1.807) is 29.4 Å². The first-order chi connectivity index (χ1) is 39.2. The van der Waals surface area contributed by atoms with Crippen molar-refractivity contribution in [3.63, 3.8) is 0 Å². The predicted octanol–water partition coefficient (Wildman–Crippen LogP) is 9.82. The number of fused-ring (bicyclic) bond motifs is 10. The van der Waals surface area contributed by atoms with Gasteiger partial charge in [0.25, 0.3) is 0 Å². The molecule has 0 aliphatic carbocycles. The number of hydrogen-bond acceptors (Lipinski definition) is 24. The van der Waals surface area contributed by atoms with Gasteiger partial charge < -0.3 is 0 Å². The summed E-state index contributed by atoms with van der Waals surface area (Å²) >= 11 is 0. The molecule has 24 heteroatoms. The largest absolute Gasteiger partial charge is 0.290 e. The smallest absolute Gasteiger partial charge is 0.241 e. The van der Waals surface area contributed by atoms with Crippen LogP contribution in [0, 0.1) is 0 Å². The fraction of sp³-hybridized carbons (Fsp3) is 0.0182. The van der Waals surface area contributed by atoms with Crippen molar-refractivity contribution in [3.05, 3.63) is 214 Å². The Bertz CT molecular complexity index is 3910. The van der Waals surface area contributed by atoms with Crippen molar-refractivity contribution in [3.8, 4) is 0 Å². The van der Waals surface area contributed by atoms with E-state index in [0.29, 0.717) is 28.4 Å². The van der Waals surface area contributed by atoms with Crippen LogP contribution < -0.4 is 29.4 Å². The molecular weight excluding hydrogens is 997 g/mol. The van der Waals surface area contributed by atoms with Gasteiger partial charge in [0.15, 0.2) is 0 Å². The average molecular weight is 1040 g/mol. The van der Waals surface area contributed by atoms with Gasteiger partial charge >= 0.3 is 0 Å². The molecule has 6 heterocycles. The van der Waals surface area contributed by atoms with Gasteiger partial charge in [-0.3, -0.25) is 9.89 Å². The van der Waals surface area contributed by atoms with Crippen LogP contribution in [0.4, 0.5) is 93.6 Å². The molecule has 0 atom stereocenters. The molecule has 12 rings (SSSR count). The maximum absolute atomic E-state index is 5.12. The van der Waals surface area contributed by atoms with Crippen molar-refractivity contribution in [2.24, 2.45) is 15.0 Å². The van der Waals surface area contributed by atoms with E-state index >= 15 is 0 Å². The quantitative estimate of drug-likeness (QED) is 0.140. The van der Waals surface area contributed by atoms with E-state index in [-0.39, 0.29) is 72.1 Å². The van der Waals surface area contributed by atoms with Gasteiger partial charge in [-0.2, -0.15) is 24.9 Å². The van der Waals surface area contributed by atoms with Crippen molar-refractivity contribution in [1.29, 1.82) is 0 Å². The number of guanidine groups is 1. The number of hydrogen-bond donors (Lipinski definition) is 0. The summed E-state index contributed by atoms with van der Waals surface area (Å²) in [6.07, 6.45) is 8.35. The van der Waals surface area contributed by atoms with Crippen molar-refractivity contribution < 1.29 is 0 Å². The number of rotatable bonds is 6. The second-order valence-electron chi connectivity index (χ2n) is 16.6. The first-order valence-electron chi connectivity index (χ1n) is 24.2. The first kappa shape index (κ1) is 48.1. The number of anilines is 16. The second kappa shape index (κ2) is 22.3. The summed E-state index contributed by atoms with van der Waals surface area (Å²) in [4.78, 5) is 96.4. The second-order valence-corrected chi connectivity index (χ2v) is 16.6. The van der Waals surface area contributed by atoms with Crippen molar-refractivity contribution >= 4 is 113 Å². The molecule has 0 saturated heterocycles. The molecule has 0 N–H and O–H groups in total. The lowest BCUT2D eigenvalue weighted by Gasteiger charge is -2.26. The molecule has 0 spiro atoms. The highest BCUT2D eigenvalue weighted by molar-refractivity contribution is 6.06. The molecule has 10 bridgehead atoms. The monoisotopic (exact) mass is 1040 g/mol. The van der Waals surface area contributed by atoms with Gasteiger partial charge in [0.1, 0.15) is 44.6 Å². The van der Waals surface area contributed by atoms with Crippen LogP contribution in [-0.4, -0.2) is 100 Å². The van der Waals surface area contributed by atoms with Crippen LogP contribution in [0.2, 0.25) is 0 Å². The normalized spacial score (nSPS) is 13.3. The van der Waals surface area contributed by atoms with Gasteiger partial charge in [0, 0.05) is 5.69 Å². The van der Waals surface area contributed by atoms with E-state index in [1.807, 2.05) is 182 Å². The van der Waals surface area contributed by atoms with E-state index in [4.69, 9.17) is 69.8 Å². The topological polar surface area (TPSA) is 250 Å². The van der Waals surface area contributed by atoms with Crippen LogP contribution in [0.1, 0.15) is 0 Å². The number of aliphatic imine (C=N–C) groups is 3. The van der Waals surface area contributed by atoms with Crippen LogP contribution in [-0.2, 0) is 0 Å². The van der Waals surface area contributed by atoms with Gasteiger partial charge in [-0.1, -0.05) is 109 Å². The Labute approximate surface area is 450 Å². The molecule has 0 amide bonds. The van der Waals surface area contributed by atoms with Crippen molar-refractivity contribution in [2.75, 3.05) is 36.1 Å². The zero-order chi connectivity index (χ0) is 53.2. The zero-order valence-corrected chi connectivity index (χ0v) is 41.4. The molecule has 5 aromatic heterocycles. The molecule has 11 aromatic rings. The molecule has 79 heavy (non-hydrogen) atoms. The molecular formula is C55H40N24. The lowest BCUT2D eigenvalue weighted by atomic mass is 10.3. The van der Waals surface area contributed by atoms with Crippen LogP contribution in [0.25, 0.3) is 0 Å². The van der Waals surface area contributed by atoms with Crippen LogP contribution in [0.3, 0.4) is 0 Å². The van der Waals surface area contributed by atoms with Crippen LogP contribution >= 0.6 is 0 Å².